The minimum Gasteiger partial charge on any atom is -0.490 e. The van der Waals surface area contributed by atoms with E-state index in [0.717, 1.165) is 0 Å². The zero-order chi connectivity index (χ0) is 16.4. The van der Waals surface area contributed by atoms with Gasteiger partial charge in [0.2, 0.25) is 5.60 Å². The lowest BCUT2D eigenvalue weighted by molar-refractivity contribution is -0.188. The van der Waals surface area contributed by atoms with E-state index < -0.39 is 18.4 Å². The molecule has 120 valence electrons. The summed E-state index contributed by atoms with van der Waals surface area (Å²) >= 11 is 5.95. The number of aromatic nitrogens is 1. The number of azide groups is 1. The van der Waals surface area contributed by atoms with Crippen LogP contribution in [0.25, 0.3) is 10.4 Å². The van der Waals surface area contributed by atoms with Gasteiger partial charge in [-0.3, -0.25) is 0 Å². The largest absolute Gasteiger partial charge is 0.490 e. The molecule has 1 saturated heterocycles. The Morgan fingerprint density at radius 2 is 2.27 bits per heavy atom. The molecule has 0 N–H and O–H groups in total. The number of hydrogen-bond acceptors (Lipinski definition) is 4. The second kappa shape index (κ2) is 6.20. The number of pyridine rings is 1. The third-order valence-corrected chi connectivity index (χ3v) is 3.40. The number of epoxide rings is 1. The number of nitrogens with zero attached hydrogens (tertiary/aromatic N) is 4. The van der Waals surface area contributed by atoms with Crippen molar-refractivity contribution in [3.05, 3.63) is 32.9 Å². The van der Waals surface area contributed by atoms with Crippen LogP contribution in [0.1, 0.15) is 18.2 Å². The van der Waals surface area contributed by atoms with Gasteiger partial charge < -0.3 is 9.47 Å². The standard InChI is InChI=1S/C12H12ClF3N4O2/c1-2-21-9-7(3-4-18-20-17)5-8(19-10(9)13)11(6-22-11)12(14,15)16/h5H,2-4,6H2,1H3. The van der Waals surface area contributed by atoms with E-state index in [2.05, 4.69) is 19.7 Å². The second-order valence-electron chi connectivity index (χ2n) is 4.54. The van der Waals surface area contributed by atoms with Crippen molar-refractivity contribution in [1.29, 1.82) is 0 Å². The predicted octanol–water partition coefficient (Wildman–Crippen LogP) is 3.77. The molecule has 0 aromatic carbocycles. The Bertz CT molecular complexity index is 613. The van der Waals surface area contributed by atoms with Gasteiger partial charge in [-0.1, -0.05) is 16.7 Å². The molecule has 6 nitrogen and oxygen atoms in total. The number of halogens is 4. The molecule has 2 heterocycles. The molecule has 1 aliphatic heterocycles. The summed E-state index contributed by atoms with van der Waals surface area (Å²) in [7, 11) is 0. The van der Waals surface area contributed by atoms with Gasteiger partial charge in [-0.25, -0.2) is 4.98 Å². The summed E-state index contributed by atoms with van der Waals surface area (Å²) in [4.78, 5) is 6.38. The first kappa shape index (κ1) is 16.7. The molecule has 0 bridgehead atoms. The summed E-state index contributed by atoms with van der Waals surface area (Å²) in [5, 5.41) is 3.19. The van der Waals surface area contributed by atoms with Crippen molar-refractivity contribution < 1.29 is 22.6 Å². The van der Waals surface area contributed by atoms with E-state index in [1.807, 2.05) is 0 Å². The molecule has 10 heteroatoms. The van der Waals surface area contributed by atoms with E-state index >= 15 is 0 Å². The van der Waals surface area contributed by atoms with Gasteiger partial charge in [0, 0.05) is 11.5 Å². The molecule has 1 aromatic heterocycles. The predicted molar refractivity (Wildman–Crippen MR) is 71.8 cm³/mol. The van der Waals surface area contributed by atoms with Crippen molar-refractivity contribution in [3.8, 4) is 5.75 Å². The minimum absolute atomic E-state index is 0.0657. The highest BCUT2D eigenvalue weighted by Gasteiger charge is 2.68. The van der Waals surface area contributed by atoms with E-state index in [1.54, 1.807) is 6.92 Å². The highest BCUT2D eigenvalue weighted by molar-refractivity contribution is 6.31. The molecule has 22 heavy (non-hydrogen) atoms. The highest BCUT2D eigenvalue weighted by atomic mass is 35.5. The first-order valence-electron chi connectivity index (χ1n) is 6.40. The van der Waals surface area contributed by atoms with Gasteiger partial charge in [-0.15, -0.1) is 0 Å². The number of rotatable bonds is 6. The summed E-state index contributed by atoms with van der Waals surface area (Å²) < 4.78 is 49.2. The second-order valence-corrected chi connectivity index (χ2v) is 4.90. The van der Waals surface area contributed by atoms with Gasteiger partial charge in [0.15, 0.2) is 10.9 Å². The lowest BCUT2D eigenvalue weighted by Gasteiger charge is -2.18. The Morgan fingerprint density at radius 3 is 2.77 bits per heavy atom. The van der Waals surface area contributed by atoms with Crippen molar-refractivity contribution in [2.24, 2.45) is 5.11 Å². The van der Waals surface area contributed by atoms with Crippen molar-refractivity contribution in [3.63, 3.8) is 0 Å². The van der Waals surface area contributed by atoms with E-state index in [-0.39, 0.29) is 36.2 Å². The van der Waals surface area contributed by atoms with Gasteiger partial charge in [-0.05, 0) is 30.5 Å². The molecule has 1 unspecified atom stereocenters. The maximum atomic E-state index is 13.1. The maximum absolute atomic E-state index is 13.1. The average Bonchev–Trinajstić information content (AvgIpc) is 3.23. The van der Waals surface area contributed by atoms with Crippen LogP contribution in [0.5, 0.6) is 5.75 Å². The summed E-state index contributed by atoms with van der Waals surface area (Å²) in [5.74, 6) is 0.194. The number of ether oxygens (including phenoxy) is 2. The molecule has 1 aliphatic rings. The third kappa shape index (κ3) is 3.06. The fraction of sp³-hybridized carbons (Fsp3) is 0.583. The van der Waals surface area contributed by atoms with Crippen LogP contribution in [0.3, 0.4) is 0 Å². The van der Waals surface area contributed by atoms with Gasteiger partial charge in [0.1, 0.15) is 0 Å². The molecule has 0 aliphatic carbocycles. The van der Waals surface area contributed by atoms with E-state index in [1.165, 1.54) is 6.07 Å². The normalized spacial score (nSPS) is 20.4. The van der Waals surface area contributed by atoms with Crippen LogP contribution >= 0.6 is 11.6 Å². The van der Waals surface area contributed by atoms with Crippen LogP contribution < -0.4 is 4.74 Å². The average molecular weight is 337 g/mol. The van der Waals surface area contributed by atoms with Gasteiger partial charge in [0.25, 0.3) is 0 Å². The molecule has 1 aromatic rings. The Balaban J connectivity index is 2.43. The molecule has 0 spiro atoms. The van der Waals surface area contributed by atoms with Crippen LogP contribution in [-0.4, -0.2) is 30.9 Å². The lowest BCUT2D eigenvalue weighted by atomic mass is 10.0. The zero-order valence-corrected chi connectivity index (χ0v) is 12.3. The first-order valence-corrected chi connectivity index (χ1v) is 6.77. The van der Waals surface area contributed by atoms with E-state index in [9.17, 15) is 13.2 Å². The topological polar surface area (TPSA) is 83.4 Å². The molecule has 0 amide bonds. The lowest BCUT2D eigenvalue weighted by Crippen LogP contribution is -2.31. The monoisotopic (exact) mass is 336 g/mol. The van der Waals surface area contributed by atoms with Crippen LogP contribution in [0.4, 0.5) is 13.2 Å². The van der Waals surface area contributed by atoms with Crippen LogP contribution in [-0.2, 0) is 16.8 Å². The summed E-state index contributed by atoms with van der Waals surface area (Å²) in [6.45, 7) is 1.55. The minimum atomic E-state index is -4.58. The smallest absolute Gasteiger partial charge is 0.425 e. The maximum Gasteiger partial charge on any atom is 0.425 e. The highest BCUT2D eigenvalue weighted by Crippen LogP contribution is 2.52. The number of alkyl halides is 3. The molecule has 0 saturated carbocycles. The van der Waals surface area contributed by atoms with Crippen LogP contribution in [0.15, 0.2) is 11.2 Å². The quantitative estimate of drug-likeness (QED) is 0.260. The van der Waals surface area contributed by atoms with Crippen molar-refractivity contribution >= 4 is 11.6 Å². The van der Waals surface area contributed by atoms with E-state index in [0.29, 0.717) is 5.56 Å². The van der Waals surface area contributed by atoms with Crippen molar-refractivity contribution in [1.82, 2.24) is 4.98 Å². The van der Waals surface area contributed by atoms with Crippen LogP contribution in [0, 0.1) is 0 Å². The summed E-state index contributed by atoms with van der Waals surface area (Å²) in [5.41, 5.74) is 5.96. The Labute approximate surface area is 128 Å². The van der Waals surface area contributed by atoms with Crippen molar-refractivity contribution in [2.75, 3.05) is 19.8 Å². The molecule has 0 radical (unpaired) electrons. The Kier molecular flexibility index (Phi) is 4.69. The van der Waals surface area contributed by atoms with Crippen LogP contribution in [0.2, 0.25) is 5.15 Å². The fourth-order valence-electron chi connectivity index (χ4n) is 1.99. The van der Waals surface area contributed by atoms with Gasteiger partial charge in [-0.2, -0.15) is 13.2 Å². The molecule has 2 rings (SSSR count). The SMILES string of the molecule is CCOc1c(CCN=[N+]=[N-])cc(C2(C(F)(F)F)CO2)nc1Cl. The Hall–Kier alpha value is -1.70. The Morgan fingerprint density at radius 1 is 1.59 bits per heavy atom. The fourth-order valence-corrected chi connectivity index (χ4v) is 2.25. The zero-order valence-electron chi connectivity index (χ0n) is 11.5. The first-order chi connectivity index (χ1) is 10.4. The molecule has 1 atom stereocenters. The van der Waals surface area contributed by atoms with Gasteiger partial charge in [0.05, 0.1) is 18.9 Å². The molecular formula is C12H12ClF3N4O2. The molecule has 1 fully saturated rings. The number of hydrogen-bond donors (Lipinski definition) is 0. The van der Waals surface area contributed by atoms with Crippen molar-refractivity contribution in [2.45, 2.75) is 25.1 Å². The van der Waals surface area contributed by atoms with E-state index in [4.69, 9.17) is 21.9 Å². The van der Waals surface area contributed by atoms with Gasteiger partial charge >= 0.3 is 6.18 Å². The summed E-state index contributed by atoms with van der Waals surface area (Å²) in [6, 6.07) is 1.24. The summed E-state index contributed by atoms with van der Waals surface area (Å²) in [6.07, 6.45) is -4.40. The molecular weight excluding hydrogens is 325 g/mol. The third-order valence-electron chi connectivity index (χ3n) is 3.15.